The Labute approximate surface area is 135 Å². The van der Waals surface area contributed by atoms with Crippen molar-refractivity contribution in [3.8, 4) is 0 Å². The van der Waals surface area contributed by atoms with Crippen LogP contribution in [0.5, 0.6) is 0 Å². The summed E-state index contributed by atoms with van der Waals surface area (Å²) in [6, 6.07) is 0. The summed E-state index contributed by atoms with van der Waals surface area (Å²) >= 11 is 1.52. The molecule has 3 heterocycles. The number of hydrogen-bond acceptors (Lipinski definition) is 5. The summed E-state index contributed by atoms with van der Waals surface area (Å²) in [5.74, 6) is 0.0761. The molecule has 0 unspecified atom stereocenters. The number of amides is 1. The van der Waals surface area contributed by atoms with Gasteiger partial charge >= 0.3 is 0 Å². The van der Waals surface area contributed by atoms with Crippen LogP contribution >= 0.6 is 11.3 Å². The molecule has 1 amide bonds. The Balaban J connectivity index is 1.68. The van der Waals surface area contributed by atoms with Crippen LogP contribution < -0.4 is 0 Å². The summed E-state index contributed by atoms with van der Waals surface area (Å²) in [5, 5.41) is 1.03. The predicted octanol–water partition coefficient (Wildman–Crippen LogP) is 2.36. The summed E-state index contributed by atoms with van der Waals surface area (Å²) in [6.45, 7) is 9.71. The molecule has 2 aliphatic heterocycles. The fourth-order valence-corrected chi connectivity index (χ4v) is 4.13. The van der Waals surface area contributed by atoms with Gasteiger partial charge in [-0.3, -0.25) is 4.79 Å². The van der Waals surface area contributed by atoms with Crippen LogP contribution in [-0.2, 0) is 15.9 Å². The number of nitrogens with zero attached hydrogens (tertiary/aromatic N) is 2. The lowest BCUT2D eigenvalue weighted by Crippen LogP contribution is -2.54. The standard InChI is InChI=1S/C16H24N2O3S/c1-15(2,3)8-13-17-9-12(22-13)14(19)18-5-7-21-16(10-18)4-6-20-11-16/h9H,4-8,10-11H2,1-3H3/t16-/m1/s1. The molecule has 1 aromatic heterocycles. The zero-order chi connectivity index (χ0) is 15.8. The van der Waals surface area contributed by atoms with Crippen molar-refractivity contribution in [3.05, 3.63) is 16.1 Å². The number of ether oxygens (including phenoxy) is 2. The molecule has 0 saturated carbocycles. The highest BCUT2D eigenvalue weighted by Gasteiger charge is 2.42. The third-order valence-electron chi connectivity index (χ3n) is 4.05. The predicted molar refractivity (Wildman–Crippen MR) is 85.3 cm³/mol. The maximum atomic E-state index is 12.7. The van der Waals surface area contributed by atoms with E-state index in [0.29, 0.717) is 26.3 Å². The molecule has 1 aromatic rings. The molecule has 2 saturated heterocycles. The molecule has 0 bridgehead atoms. The molecule has 122 valence electrons. The van der Waals surface area contributed by atoms with Gasteiger partial charge in [0.05, 0.1) is 31.0 Å². The number of carbonyl (C=O) groups is 1. The van der Waals surface area contributed by atoms with Gasteiger partial charge in [-0.15, -0.1) is 11.3 Å². The van der Waals surface area contributed by atoms with Gasteiger partial charge in [0.1, 0.15) is 10.5 Å². The van der Waals surface area contributed by atoms with Gasteiger partial charge in [0.2, 0.25) is 0 Å². The molecule has 5 nitrogen and oxygen atoms in total. The Morgan fingerprint density at radius 3 is 2.95 bits per heavy atom. The van der Waals surface area contributed by atoms with Crippen molar-refractivity contribution in [2.75, 3.05) is 32.9 Å². The Morgan fingerprint density at radius 2 is 2.27 bits per heavy atom. The number of aromatic nitrogens is 1. The third kappa shape index (κ3) is 3.50. The second-order valence-electron chi connectivity index (χ2n) is 7.42. The smallest absolute Gasteiger partial charge is 0.265 e. The number of carbonyl (C=O) groups excluding carboxylic acids is 1. The highest BCUT2D eigenvalue weighted by atomic mass is 32.1. The Bertz CT molecular complexity index is 544. The summed E-state index contributed by atoms with van der Waals surface area (Å²) in [4.78, 5) is 19.8. The van der Waals surface area contributed by atoms with Gasteiger partial charge in [-0.1, -0.05) is 20.8 Å². The van der Waals surface area contributed by atoms with Gasteiger partial charge < -0.3 is 14.4 Å². The quantitative estimate of drug-likeness (QED) is 0.838. The number of morpholine rings is 1. The van der Waals surface area contributed by atoms with Gasteiger partial charge in [0.25, 0.3) is 5.91 Å². The lowest BCUT2D eigenvalue weighted by atomic mass is 9.93. The van der Waals surface area contributed by atoms with E-state index in [1.54, 1.807) is 6.20 Å². The first kappa shape index (κ1) is 15.9. The highest BCUT2D eigenvalue weighted by molar-refractivity contribution is 7.13. The molecule has 2 aliphatic rings. The van der Waals surface area contributed by atoms with Crippen LogP contribution in [0, 0.1) is 5.41 Å². The van der Waals surface area contributed by atoms with E-state index in [1.807, 2.05) is 4.90 Å². The molecule has 0 aliphatic carbocycles. The number of thiazole rings is 1. The minimum Gasteiger partial charge on any atom is -0.378 e. The van der Waals surface area contributed by atoms with Gasteiger partial charge in [-0.25, -0.2) is 4.98 Å². The van der Waals surface area contributed by atoms with E-state index < -0.39 is 0 Å². The van der Waals surface area contributed by atoms with E-state index in [4.69, 9.17) is 9.47 Å². The molecule has 1 atom stereocenters. The van der Waals surface area contributed by atoms with Crippen molar-refractivity contribution >= 4 is 17.2 Å². The van der Waals surface area contributed by atoms with Crippen LogP contribution in [0.25, 0.3) is 0 Å². The fraction of sp³-hybridized carbons (Fsp3) is 0.750. The monoisotopic (exact) mass is 324 g/mol. The van der Waals surface area contributed by atoms with Crippen LogP contribution in [0.1, 0.15) is 41.9 Å². The van der Waals surface area contributed by atoms with Crippen molar-refractivity contribution in [1.29, 1.82) is 0 Å². The van der Waals surface area contributed by atoms with E-state index in [-0.39, 0.29) is 16.9 Å². The molecule has 2 fully saturated rings. The van der Waals surface area contributed by atoms with E-state index in [9.17, 15) is 4.79 Å². The average Bonchev–Trinajstić information content (AvgIpc) is 3.06. The SMILES string of the molecule is CC(C)(C)Cc1ncc(C(=O)N2CCO[C@]3(CCOC3)C2)s1. The Morgan fingerprint density at radius 1 is 1.45 bits per heavy atom. The van der Waals surface area contributed by atoms with E-state index in [1.165, 1.54) is 11.3 Å². The molecule has 6 heteroatoms. The zero-order valence-corrected chi connectivity index (χ0v) is 14.4. The van der Waals surface area contributed by atoms with Crippen LogP contribution in [0.4, 0.5) is 0 Å². The van der Waals surface area contributed by atoms with Gasteiger partial charge in [-0.05, 0) is 5.41 Å². The molecule has 1 spiro atoms. The number of hydrogen-bond donors (Lipinski definition) is 0. The van der Waals surface area contributed by atoms with E-state index >= 15 is 0 Å². The Kier molecular flexibility index (Phi) is 4.27. The molecule has 0 aromatic carbocycles. The van der Waals surface area contributed by atoms with E-state index in [2.05, 4.69) is 25.8 Å². The first-order valence-electron chi connectivity index (χ1n) is 7.83. The topological polar surface area (TPSA) is 51.7 Å². The molecule has 3 rings (SSSR count). The lowest BCUT2D eigenvalue weighted by Gasteiger charge is -2.39. The Hall–Kier alpha value is -0.980. The van der Waals surface area contributed by atoms with Crippen molar-refractivity contribution in [2.45, 2.75) is 39.2 Å². The average molecular weight is 324 g/mol. The summed E-state index contributed by atoms with van der Waals surface area (Å²) in [5.41, 5.74) is -0.102. The maximum absolute atomic E-state index is 12.7. The largest absolute Gasteiger partial charge is 0.378 e. The van der Waals surface area contributed by atoms with Crippen molar-refractivity contribution < 1.29 is 14.3 Å². The van der Waals surface area contributed by atoms with Crippen LogP contribution in [0.3, 0.4) is 0 Å². The lowest BCUT2D eigenvalue weighted by molar-refractivity contribution is -0.0994. The normalized spacial score (nSPS) is 25.9. The molecule has 0 N–H and O–H groups in total. The first-order chi connectivity index (χ1) is 10.4. The van der Waals surface area contributed by atoms with Crippen molar-refractivity contribution in [3.63, 3.8) is 0 Å². The highest BCUT2D eigenvalue weighted by Crippen LogP contribution is 2.29. The second kappa shape index (κ2) is 5.91. The minimum atomic E-state index is -0.285. The van der Waals surface area contributed by atoms with Gasteiger partial charge in [0.15, 0.2) is 0 Å². The maximum Gasteiger partial charge on any atom is 0.265 e. The van der Waals surface area contributed by atoms with Crippen LogP contribution in [-0.4, -0.2) is 54.3 Å². The molecule has 22 heavy (non-hydrogen) atoms. The number of rotatable bonds is 2. The third-order valence-corrected chi connectivity index (χ3v) is 5.03. The van der Waals surface area contributed by atoms with Crippen molar-refractivity contribution in [1.82, 2.24) is 9.88 Å². The van der Waals surface area contributed by atoms with Crippen LogP contribution in [0.2, 0.25) is 0 Å². The van der Waals surface area contributed by atoms with E-state index in [0.717, 1.165) is 29.3 Å². The minimum absolute atomic E-state index is 0.0761. The second-order valence-corrected chi connectivity index (χ2v) is 8.53. The zero-order valence-electron chi connectivity index (χ0n) is 13.6. The molecule has 0 radical (unpaired) electrons. The summed E-state index contributed by atoms with van der Waals surface area (Å²) in [6.07, 6.45) is 3.49. The van der Waals surface area contributed by atoms with Gasteiger partial charge in [0, 0.05) is 26.0 Å². The van der Waals surface area contributed by atoms with Crippen molar-refractivity contribution in [2.24, 2.45) is 5.41 Å². The van der Waals surface area contributed by atoms with Gasteiger partial charge in [-0.2, -0.15) is 0 Å². The molecular formula is C16H24N2O3S. The summed E-state index contributed by atoms with van der Waals surface area (Å²) < 4.78 is 11.3. The van der Waals surface area contributed by atoms with Crippen LogP contribution in [0.15, 0.2) is 6.20 Å². The summed E-state index contributed by atoms with van der Waals surface area (Å²) in [7, 11) is 0. The fourth-order valence-electron chi connectivity index (χ4n) is 2.95. The molecular weight excluding hydrogens is 300 g/mol. The first-order valence-corrected chi connectivity index (χ1v) is 8.64.